The van der Waals surface area contributed by atoms with Crippen molar-refractivity contribution in [2.24, 2.45) is 0 Å². The van der Waals surface area contributed by atoms with E-state index in [1.165, 1.54) is 0 Å². The number of hydrogen-bond donors (Lipinski definition) is 0. The Labute approximate surface area is 175 Å². The summed E-state index contributed by atoms with van der Waals surface area (Å²) in [5.41, 5.74) is 3.43. The molecule has 0 atom stereocenters. The molecule has 1 aromatic heterocycles. The van der Waals surface area contributed by atoms with Crippen LogP contribution in [-0.4, -0.2) is 48.5 Å². The average molecular weight is 407 g/mol. The van der Waals surface area contributed by atoms with Crippen LogP contribution in [0.1, 0.15) is 22.5 Å². The van der Waals surface area contributed by atoms with Crippen LogP contribution < -0.4 is 14.2 Å². The third-order valence-corrected chi connectivity index (χ3v) is 5.30. The van der Waals surface area contributed by atoms with Gasteiger partial charge in [-0.1, -0.05) is 6.07 Å². The van der Waals surface area contributed by atoms with E-state index in [9.17, 15) is 4.79 Å². The molecular formula is C23H25N3O4. The maximum Gasteiger partial charge on any atom is 0.254 e. The quantitative estimate of drug-likeness (QED) is 0.646. The van der Waals surface area contributed by atoms with Crippen LogP contribution in [0.3, 0.4) is 0 Å². The SMILES string of the molecule is COc1cccc(C(=O)N2CCCn3nc(-c4ccc(OC)c(OC)c4)cc3C2)c1. The smallest absolute Gasteiger partial charge is 0.254 e. The molecule has 0 fully saturated rings. The van der Waals surface area contributed by atoms with E-state index >= 15 is 0 Å². The van der Waals surface area contributed by atoms with Crippen LogP contribution in [0.5, 0.6) is 17.2 Å². The Morgan fingerprint density at radius 1 is 0.933 bits per heavy atom. The van der Waals surface area contributed by atoms with Crippen molar-refractivity contribution in [2.45, 2.75) is 19.5 Å². The monoisotopic (exact) mass is 407 g/mol. The number of nitrogens with zero attached hydrogens (tertiary/aromatic N) is 3. The number of methoxy groups -OCH3 is 3. The van der Waals surface area contributed by atoms with Crippen LogP contribution in [0.2, 0.25) is 0 Å². The van der Waals surface area contributed by atoms with Gasteiger partial charge in [-0.3, -0.25) is 9.48 Å². The van der Waals surface area contributed by atoms with E-state index in [2.05, 4.69) is 0 Å². The Balaban J connectivity index is 1.60. The summed E-state index contributed by atoms with van der Waals surface area (Å²) in [5.74, 6) is 2.01. The molecule has 0 N–H and O–H groups in total. The van der Waals surface area contributed by atoms with Crippen molar-refractivity contribution < 1.29 is 19.0 Å². The predicted molar refractivity (Wildman–Crippen MR) is 113 cm³/mol. The number of aryl methyl sites for hydroxylation is 1. The van der Waals surface area contributed by atoms with Crippen molar-refractivity contribution in [3.8, 4) is 28.5 Å². The van der Waals surface area contributed by atoms with E-state index in [-0.39, 0.29) is 5.91 Å². The molecule has 0 saturated carbocycles. The van der Waals surface area contributed by atoms with Crippen molar-refractivity contribution in [2.75, 3.05) is 27.9 Å². The van der Waals surface area contributed by atoms with Crippen molar-refractivity contribution in [3.05, 3.63) is 59.8 Å². The highest BCUT2D eigenvalue weighted by molar-refractivity contribution is 5.94. The molecule has 30 heavy (non-hydrogen) atoms. The van der Waals surface area contributed by atoms with Crippen molar-refractivity contribution in [3.63, 3.8) is 0 Å². The lowest BCUT2D eigenvalue weighted by molar-refractivity contribution is 0.0745. The Kier molecular flexibility index (Phi) is 5.61. The fourth-order valence-corrected chi connectivity index (χ4v) is 3.71. The molecular weight excluding hydrogens is 382 g/mol. The predicted octanol–water partition coefficient (Wildman–Crippen LogP) is 3.62. The summed E-state index contributed by atoms with van der Waals surface area (Å²) in [6.45, 7) is 1.96. The summed E-state index contributed by atoms with van der Waals surface area (Å²) in [7, 11) is 4.83. The van der Waals surface area contributed by atoms with Crippen LogP contribution in [0.15, 0.2) is 48.5 Å². The average Bonchev–Trinajstić information content (AvgIpc) is 3.09. The zero-order chi connectivity index (χ0) is 21.1. The molecule has 4 rings (SSSR count). The Morgan fingerprint density at radius 2 is 1.77 bits per heavy atom. The van der Waals surface area contributed by atoms with Crippen molar-refractivity contribution in [1.82, 2.24) is 14.7 Å². The molecule has 0 aliphatic carbocycles. The Morgan fingerprint density at radius 3 is 2.53 bits per heavy atom. The van der Waals surface area contributed by atoms with Crippen LogP contribution in [-0.2, 0) is 13.1 Å². The minimum Gasteiger partial charge on any atom is -0.497 e. The maximum atomic E-state index is 13.1. The van der Waals surface area contributed by atoms with Gasteiger partial charge in [0, 0.05) is 24.2 Å². The van der Waals surface area contributed by atoms with Gasteiger partial charge in [0.05, 0.1) is 39.3 Å². The van der Waals surface area contributed by atoms with E-state index < -0.39 is 0 Å². The first-order chi connectivity index (χ1) is 14.6. The normalized spacial score (nSPS) is 13.4. The highest BCUT2D eigenvalue weighted by atomic mass is 16.5. The molecule has 0 radical (unpaired) electrons. The molecule has 1 amide bonds. The van der Waals surface area contributed by atoms with Gasteiger partial charge in [-0.05, 0) is 48.9 Å². The molecule has 1 aliphatic rings. The summed E-state index contributed by atoms with van der Waals surface area (Å²) in [5, 5.41) is 4.77. The fourth-order valence-electron chi connectivity index (χ4n) is 3.71. The minimum atomic E-state index is -0.00350. The molecule has 0 saturated heterocycles. The molecule has 1 aliphatic heterocycles. The topological polar surface area (TPSA) is 65.8 Å². The third-order valence-electron chi connectivity index (χ3n) is 5.30. The lowest BCUT2D eigenvalue weighted by Crippen LogP contribution is -2.30. The number of carbonyl (C=O) groups excluding carboxylic acids is 1. The number of aromatic nitrogens is 2. The number of hydrogen-bond acceptors (Lipinski definition) is 5. The summed E-state index contributed by atoms with van der Waals surface area (Å²) in [4.78, 5) is 14.9. The van der Waals surface area contributed by atoms with E-state index in [0.29, 0.717) is 35.9 Å². The number of fused-ring (bicyclic) bond motifs is 1. The maximum absolute atomic E-state index is 13.1. The second-order valence-corrected chi connectivity index (χ2v) is 7.13. The number of carbonyl (C=O) groups is 1. The Bertz CT molecular complexity index is 1060. The lowest BCUT2D eigenvalue weighted by Gasteiger charge is -2.20. The molecule has 7 heteroatoms. The van der Waals surface area contributed by atoms with Crippen LogP contribution in [0.4, 0.5) is 0 Å². The highest BCUT2D eigenvalue weighted by Crippen LogP contribution is 2.32. The zero-order valence-corrected chi connectivity index (χ0v) is 17.4. The van der Waals surface area contributed by atoms with E-state index in [1.807, 2.05) is 52.0 Å². The minimum absolute atomic E-state index is 0.00350. The number of benzene rings is 2. The second kappa shape index (κ2) is 8.49. The highest BCUT2D eigenvalue weighted by Gasteiger charge is 2.22. The number of amides is 1. The van der Waals surface area contributed by atoms with Crippen molar-refractivity contribution >= 4 is 5.91 Å². The molecule has 2 aromatic carbocycles. The number of rotatable bonds is 5. The molecule has 7 nitrogen and oxygen atoms in total. The molecule has 2 heterocycles. The largest absolute Gasteiger partial charge is 0.497 e. The van der Waals surface area contributed by atoms with Gasteiger partial charge < -0.3 is 19.1 Å². The van der Waals surface area contributed by atoms with Crippen LogP contribution in [0.25, 0.3) is 11.3 Å². The van der Waals surface area contributed by atoms with Crippen LogP contribution >= 0.6 is 0 Å². The molecule has 0 bridgehead atoms. The Hall–Kier alpha value is -3.48. The van der Waals surface area contributed by atoms with Crippen molar-refractivity contribution in [1.29, 1.82) is 0 Å². The number of ether oxygens (including phenoxy) is 3. The third kappa shape index (κ3) is 3.83. The molecule has 3 aromatic rings. The molecule has 0 unspecified atom stereocenters. The van der Waals surface area contributed by atoms with Gasteiger partial charge in [0.15, 0.2) is 11.5 Å². The van der Waals surface area contributed by atoms with E-state index in [1.54, 1.807) is 27.4 Å². The molecule has 156 valence electrons. The second-order valence-electron chi connectivity index (χ2n) is 7.13. The van der Waals surface area contributed by atoms with Gasteiger partial charge in [0.25, 0.3) is 5.91 Å². The first kappa shape index (κ1) is 19.8. The standard InChI is InChI=1S/C23H25N3O4/c1-28-19-7-4-6-17(12-19)23(27)25-10-5-11-26-18(15-25)14-20(24-26)16-8-9-21(29-2)22(13-16)30-3/h4,6-9,12-14H,5,10-11,15H2,1-3H3. The first-order valence-electron chi connectivity index (χ1n) is 9.85. The van der Waals surface area contributed by atoms with Gasteiger partial charge in [-0.25, -0.2) is 0 Å². The fraction of sp³-hybridized carbons (Fsp3) is 0.304. The summed E-state index contributed by atoms with van der Waals surface area (Å²) in [6.07, 6.45) is 0.843. The first-order valence-corrected chi connectivity index (χ1v) is 9.85. The summed E-state index contributed by atoms with van der Waals surface area (Å²) in [6, 6.07) is 15.1. The summed E-state index contributed by atoms with van der Waals surface area (Å²) < 4.78 is 18.0. The van der Waals surface area contributed by atoms with E-state index in [4.69, 9.17) is 19.3 Å². The summed E-state index contributed by atoms with van der Waals surface area (Å²) >= 11 is 0. The lowest BCUT2D eigenvalue weighted by atomic mass is 10.1. The molecule has 0 spiro atoms. The van der Waals surface area contributed by atoms with E-state index in [0.717, 1.165) is 29.9 Å². The van der Waals surface area contributed by atoms with Crippen LogP contribution in [0, 0.1) is 0 Å². The zero-order valence-electron chi connectivity index (χ0n) is 17.4. The van der Waals surface area contributed by atoms with Gasteiger partial charge >= 0.3 is 0 Å². The van der Waals surface area contributed by atoms with Gasteiger partial charge in [-0.15, -0.1) is 0 Å². The van der Waals surface area contributed by atoms with Gasteiger partial charge in [-0.2, -0.15) is 5.10 Å². The van der Waals surface area contributed by atoms with Gasteiger partial charge in [0.2, 0.25) is 0 Å². The van der Waals surface area contributed by atoms with Gasteiger partial charge in [0.1, 0.15) is 5.75 Å².